The molecule has 0 fully saturated rings. The monoisotopic (exact) mass is 369 g/mol. The van der Waals surface area contributed by atoms with Crippen LogP contribution in [0.1, 0.15) is 5.56 Å². The molecule has 0 aliphatic heterocycles. The van der Waals surface area contributed by atoms with Crippen molar-refractivity contribution in [2.75, 3.05) is 0 Å². The summed E-state index contributed by atoms with van der Waals surface area (Å²) in [6.45, 7) is 2.18. The van der Waals surface area contributed by atoms with Gasteiger partial charge in [0.1, 0.15) is 0 Å². The predicted octanol–water partition coefficient (Wildman–Crippen LogP) is 7.67. The Balaban J connectivity index is 1.82. The van der Waals surface area contributed by atoms with Gasteiger partial charge in [0, 0.05) is 21.7 Å². The summed E-state index contributed by atoms with van der Waals surface area (Å²) in [5.74, 6) is 0. The summed E-state index contributed by atoms with van der Waals surface area (Å²) < 4.78 is 0. The van der Waals surface area contributed by atoms with Crippen LogP contribution in [-0.2, 0) is 0 Å². The highest BCUT2D eigenvalue weighted by Crippen LogP contribution is 2.38. The van der Waals surface area contributed by atoms with E-state index in [2.05, 4.69) is 104 Å². The Labute approximate surface area is 169 Å². The molecule has 0 bridgehead atoms. The third kappa shape index (κ3) is 2.44. The second kappa shape index (κ2) is 6.15. The molecule has 0 spiro atoms. The first kappa shape index (κ1) is 16.3. The van der Waals surface area contributed by atoms with Crippen LogP contribution in [0, 0.1) is 6.92 Å². The number of nitrogens with zero attached hydrogens (tertiary/aromatic N) is 1. The highest BCUT2D eigenvalue weighted by atomic mass is 14.7. The van der Waals surface area contributed by atoms with E-state index in [0.717, 1.165) is 16.8 Å². The average Bonchev–Trinajstić information content (AvgIpc) is 2.78. The van der Waals surface area contributed by atoms with E-state index in [-0.39, 0.29) is 0 Å². The Morgan fingerprint density at radius 3 is 2.21 bits per heavy atom. The lowest BCUT2D eigenvalue weighted by molar-refractivity contribution is 1.42. The summed E-state index contributed by atoms with van der Waals surface area (Å²) >= 11 is 0. The van der Waals surface area contributed by atoms with Crippen LogP contribution in [0.25, 0.3) is 54.5 Å². The SMILES string of the molecule is Cc1cccc2nc(-c3ccc4ccccc4c3)c3ccc4ccccc4c3c12. The number of hydrogen-bond donors (Lipinski definition) is 0. The van der Waals surface area contributed by atoms with Gasteiger partial charge in [-0.2, -0.15) is 0 Å². The fourth-order valence-corrected chi connectivity index (χ4v) is 4.55. The summed E-state index contributed by atoms with van der Waals surface area (Å²) in [6.07, 6.45) is 0. The molecule has 1 heteroatoms. The number of hydrogen-bond acceptors (Lipinski definition) is 1. The fraction of sp³-hybridized carbons (Fsp3) is 0.0357. The van der Waals surface area contributed by atoms with Gasteiger partial charge in [-0.1, -0.05) is 84.9 Å². The van der Waals surface area contributed by atoms with Crippen molar-refractivity contribution in [1.82, 2.24) is 4.98 Å². The largest absolute Gasteiger partial charge is 0.247 e. The van der Waals surface area contributed by atoms with Crippen LogP contribution in [0.2, 0.25) is 0 Å². The predicted molar refractivity (Wildman–Crippen MR) is 124 cm³/mol. The molecule has 6 aromatic rings. The lowest BCUT2D eigenvalue weighted by atomic mass is 9.93. The second-order valence-electron chi connectivity index (χ2n) is 7.70. The molecule has 1 nitrogen and oxygen atoms in total. The molecule has 6 rings (SSSR count). The van der Waals surface area contributed by atoms with Crippen molar-refractivity contribution in [1.29, 1.82) is 0 Å². The molecule has 0 atom stereocenters. The summed E-state index contributed by atoms with van der Waals surface area (Å²) in [5, 5.41) is 8.81. The summed E-state index contributed by atoms with van der Waals surface area (Å²) in [4.78, 5) is 5.15. The fourth-order valence-electron chi connectivity index (χ4n) is 4.55. The van der Waals surface area contributed by atoms with E-state index in [9.17, 15) is 0 Å². The molecule has 0 amide bonds. The third-order valence-corrected chi connectivity index (χ3v) is 5.94. The first-order valence-corrected chi connectivity index (χ1v) is 9.99. The van der Waals surface area contributed by atoms with Crippen molar-refractivity contribution in [3.05, 3.63) is 103 Å². The minimum atomic E-state index is 1.05. The van der Waals surface area contributed by atoms with Crippen molar-refractivity contribution < 1.29 is 0 Å². The van der Waals surface area contributed by atoms with Crippen molar-refractivity contribution in [2.24, 2.45) is 0 Å². The molecule has 1 heterocycles. The zero-order chi connectivity index (χ0) is 19.4. The maximum absolute atomic E-state index is 5.15. The third-order valence-electron chi connectivity index (χ3n) is 5.94. The van der Waals surface area contributed by atoms with Gasteiger partial charge in [0.2, 0.25) is 0 Å². The van der Waals surface area contributed by atoms with Crippen LogP contribution in [0.4, 0.5) is 0 Å². The topological polar surface area (TPSA) is 12.9 Å². The normalized spacial score (nSPS) is 11.6. The van der Waals surface area contributed by atoms with Crippen LogP contribution in [0.15, 0.2) is 97.1 Å². The van der Waals surface area contributed by atoms with Gasteiger partial charge in [-0.3, -0.25) is 0 Å². The molecule has 0 N–H and O–H groups in total. The Hall–Kier alpha value is -3.71. The van der Waals surface area contributed by atoms with E-state index < -0.39 is 0 Å². The molecular weight excluding hydrogens is 350 g/mol. The van der Waals surface area contributed by atoms with Crippen molar-refractivity contribution in [3.63, 3.8) is 0 Å². The number of rotatable bonds is 1. The molecule has 5 aromatic carbocycles. The summed E-state index contributed by atoms with van der Waals surface area (Å²) in [5.41, 5.74) is 4.53. The van der Waals surface area contributed by atoms with Gasteiger partial charge in [-0.05, 0) is 46.2 Å². The Morgan fingerprint density at radius 1 is 0.552 bits per heavy atom. The quantitative estimate of drug-likeness (QED) is 0.271. The number of fused-ring (bicyclic) bond motifs is 6. The van der Waals surface area contributed by atoms with E-state index >= 15 is 0 Å². The molecule has 0 radical (unpaired) electrons. The van der Waals surface area contributed by atoms with Gasteiger partial charge in [-0.15, -0.1) is 0 Å². The zero-order valence-corrected chi connectivity index (χ0v) is 16.2. The summed E-state index contributed by atoms with van der Waals surface area (Å²) in [6, 6.07) is 34.7. The highest BCUT2D eigenvalue weighted by Gasteiger charge is 2.14. The first-order valence-electron chi connectivity index (χ1n) is 9.99. The van der Waals surface area contributed by atoms with Gasteiger partial charge in [0.15, 0.2) is 0 Å². The lowest BCUT2D eigenvalue weighted by Gasteiger charge is -2.14. The van der Waals surface area contributed by atoms with Crippen molar-refractivity contribution in [2.45, 2.75) is 6.92 Å². The van der Waals surface area contributed by atoms with Gasteiger partial charge in [0.25, 0.3) is 0 Å². The molecule has 29 heavy (non-hydrogen) atoms. The molecule has 0 unspecified atom stereocenters. The van der Waals surface area contributed by atoms with Crippen LogP contribution in [0.5, 0.6) is 0 Å². The standard InChI is InChI=1S/C28H19N/c1-18-7-6-12-25-26(18)27-23-11-5-4-9-20(23)15-16-24(27)28(29-25)22-14-13-19-8-2-3-10-21(19)17-22/h2-17H,1H3. The minimum absolute atomic E-state index is 1.05. The zero-order valence-electron chi connectivity index (χ0n) is 16.2. The van der Waals surface area contributed by atoms with Crippen LogP contribution < -0.4 is 0 Å². The first-order chi connectivity index (χ1) is 14.3. The molecule has 1 aromatic heterocycles. The number of aryl methyl sites for hydroxylation is 1. The Bertz CT molecular complexity index is 1560. The smallest absolute Gasteiger partial charge is 0.0788 e. The van der Waals surface area contributed by atoms with Crippen LogP contribution >= 0.6 is 0 Å². The lowest BCUT2D eigenvalue weighted by Crippen LogP contribution is -1.92. The van der Waals surface area contributed by atoms with E-state index in [1.165, 1.54) is 43.3 Å². The molecule has 136 valence electrons. The number of aromatic nitrogens is 1. The van der Waals surface area contributed by atoms with Crippen LogP contribution in [0.3, 0.4) is 0 Å². The summed E-state index contributed by atoms with van der Waals surface area (Å²) in [7, 11) is 0. The molecule has 0 saturated carbocycles. The van der Waals surface area contributed by atoms with E-state index in [4.69, 9.17) is 4.98 Å². The van der Waals surface area contributed by atoms with E-state index in [1.807, 2.05) is 0 Å². The Morgan fingerprint density at radius 2 is 1.31 bits per heavy atom. The van der Waals surface area contributed by atoms with Crippen molar-refractivity contribution >= 4 is 43.2 Å². The Kier molecular flexibility index (Phi) is 3.45. The van der Waals surface area contributed by atoms with Gasteiger partial charge in [-0.25, -0.2) is 4.98 Å². The van der Waals surface area contributed by atoms with Crippen molar-refractivity contribution in [3.8, 4) is 11.3 Å². The van der Waals surface area contributed by atoms with E-state index in [1.54, 1.807) is 0 Å². The van der Waals surface area contributed by atoms with Gasteiger partial charge in [0.05, 0.1) is 11.2 Å². The highest BCUT2D eigenvalue weighted by molar-refractivity contribution is 6.23. The minimum Gasteiger partial charge on any atom is -0.247 e. The maximum Gasteiger partial charge on any atom is 0.0788 e. The van der Waals surface area contributed by atoms with Crippen LogP contribution in [-0.4, -0.2) is 4.98 Å². The maximum atomic E-state index is 5.15. The second-order valence-corrected chi connectivity index (χ2v) is 7.70. The van der Waals surface area contributed by atoms with Gasteiger partial charge >= 0.3 is 0 Å². The van der Waals surface area contributed by atoms with Gasteiger partial charge < -0.3 is 0 Å². The molecule has 0 aliphatic rings. The molecule has 0 saturated heterocycles. The average molecular weight is 369 g/mol. The number of pyridine rings is 1. The molecular formula is C28H19N. The molecule has 0 aliphatic carbocycles. The van der Waals surface area contributed by atoms with E-state index in [0.29, 0.717) is 0 Å². The number of benzene rings is 5.